The van der Waals surface area contributed by atoms with Crippen LogP contribution in [0.25, 0.3) is 0 Å². The SMILES string of the molecule is COC(C)(C)C1CCCC(C)C1=O. The molecule has 0 aliphatic heterocycles. The van der Waals surface area contributed by atoms with Crippen molar-refractivity contribution in [2.45, 2.75) is 45.6 Å². The molecule has 0 saturated heterocycles. The molecule has 1 aliphatic rings. The Hall–Kier alpha value is -0.370. The van der Waals surface area contributed by atoms with Crippen molar-refractivity contribution in [3.63, 3.8) is 0 Å². The van der Waals surface area contributed by atoms with Crippen LogP contribution in [0.5, 0.6) is 0 Å². The van der Waals surface area contributed by atoms with Gasteiger partial charge in [0.25, 0.3) is 0 Å². The molecule has 2 nitrogen and oxygen atoms in total. The second kappa shape index (κ2) is 3.79. The molecule has 0 aromatic carbocycles. The van der Waals surface area contributed by atoms with Gasteiger partial charge in [0.15, 0.2) is 0 Å². The molecular weight excluding hydrogens is 164 g/mol. The molecule has 0 spiro atoms. The molecular formula is C11H20O2. The minimum Gasteiger partial charge on any atom is -0.378 e. The molecule has 1 fully saturated rings. The largest absolute Gasteiger partial charge is 0.378 e. The molecule has 1 rings (SSSR count). The lowest BCUT2D eigenvalue weighted by molar-refractivity contribution is -0.139. The lowest BCUT2D eigenvalue weighted by Gasteiger charge is -2.36. The number of carbonyl (C=O) groups excluding carboxylic acids is 1. The standard InChI is InChI=1S/C11H20O2/c1-8-6-5-7-9(10(8)12)11(2,3)13-4/h8-9H,5-7H2,1-4H3. The topological polar surface area (TPSA) is 26.3 Å². The molecule has 0 heterocycles. The third-order valence-corrected chi connectivity index (χ3v) is 3.32. The highest BCUT2D eigenvalue weighted by Gasteiger charge is 2.39. The van der Waals surface area contributed by atoms with E-state index in [0.29, 0.717) is 5.78 Å². The summed E-state index contributed by atoms with van der Waals surface area (Å²) in [6.45, 7) is 6.04. The first-order valence-corrected chi connectivity index (χ1v) is 5.08. The van der Waals surface area contributed by atoms with Crippen LogP contribution >= 0.6 is 0 Å². The van der Waals surface area contributed by atoms with Crippen molar-refractivity contribution in [2.24, 2.45) is 11.8 Å². The number of carbonyl (C=O) groups is 1. The monoisotopic (exact) mass is 184 g/mol. The van der Waals surface area contributed by atoms with Gasteiger partial charge in [-0.3, -0.25) is 4.79 Å². The maximum atomic E-state index is 11.9. The summed E-state index contributed by atoms with van der Waals surface area (Å²) in [4.78, 5) is 11.9. The first kappa shape index (κ1) is 10.7. The fraction of sp³-hybridized carbons (Fsp3) is 0.909. The molecule has 0 bridgehead atoms. The van der Waals surface area contributed by atoms with Crippen LogP contribution in [0.4, 0.5) is 0 Å². The zero-order chi connectivity index (χ0) is 10.1. The highest BCUT2D eigenvalue weighted by atomic mass is 16.5. The zero-order valence-corrected chi connectivity index (χ0v) is 9.09. The summed E-state index contributed by atoms with van der Waals surface area (Å²) in [7, 11) is 1.69. The Bertz CT molecular complexity index is 196. The van der Waals surface area contributed by atoms with Gasteiger partial charge >= 0.3 is 0 Å². The number of hydrogen-bond acceptors (Lipinski definition) is 2. The number of methoxy groups -OCH3 is 1. The zero-order valence-electron chi connectivity index (χ0n) is 9.09. The maximum absolute atomic E-state index is 11.9. The third kappa shape index (κ3) is 2.11. The second-order valence-electron chi connectivity index (χ2n) is 4.59. The smallest absolute Gasteiger partial charge is 0.141 e. The van der Waals surface area contributed by atoms with E-state index in [0.717, 1.165) is 19.3 Å². The number of rotatable bonds is 2. The maximum Gasteiger partial charge on any atom is 0.141 e. The van der Waals surface area contributed by atoms with Crippen LogP contribution in [-0.2, 0) is 9.53 Å². The van der Waals surface area contributed by atoms with Gasteiger partial charge in [-0.1, -0.05) is 13.3 Å². The molecule has 2 heteroatoms. The summed E-state index contributed by atoms with van der Waals surface area (Å²) >= 11 is 0. The summed E-state index contributed by atoms with van der Waals surface area (Å²) in [5.74, 6) is 0.715. The second-order valence-corrected chi connectivity index (χ2v) is 4.59. The lowest BCUT2D eigenvalue weighted by atomic mass is 9.73. The van der Waals surface area contributed by atoms with Crippen molar-refractivity contribution in [3.8, 4) is 0 Å². The van der Waals surface area contributed by atoms with Crippen molar-refractivity contribution >= 4 is 5.78 Å². The Morgan fingerprint density at radius 2 is 2.00 bits per heavy atom. The predicted octanol–water partition coefficient (Wildman–Crippen LogP) is 2.42. The molecule has 2 unspecified atom stereocenters. The Labute approximate surface area is 80.7 Å². The van der Waals surface area contributed by atoms with Gasteiger partial charge in [0.2, 0.25) is 0 Å². The average Bonchev–Trinajstić information content (AvgIpc) is 2.09. The van der Waals surface area contributed by atoms with Crippen LogP contribution in [0, 0.1) is 11.8 Å². The number of Topliss-reactive ketones (excluding diaryl/α,β-unsaturated/α-hetero) is 1. The van der Waals surface area contributed by atoms with E-state index >= 15 is 0 Å². The molecule has 76 valence electrons. The highest BCUT2D eigenvalue weighted by molar-refractivity contribution is 5.84. The molecule has 13 heavy (non-hydrogen) atoms. The molecule has 1 saturated carbocycles. The first-order valence-electron chi connectivity index (χ1n) is 5.08. The van der Waals surface area contributed by atoms with Crippen molar-refractivity contribution in [1.29, 1.82) is 0 Å². The van der Waals surface area contributed by atoms with E-state index in [-0.39, 0.29) is 17.4 Å². The third-order valence-electron chi connectivity index (χ3n) is 3.32. The van der Waals surface area contributed by atoms with Gasteiger partial charge in [-0.05, 0) is 26.7 Å². The minimum atomic E-state index is -0.286. The molecule has 0 aromatic rings. The van der Waals surface area contributed by atoms with Crippen molar-refractivity contribution < 1.29 is 9.53 Å². The molecule has 1 aliphatic carbocycles. The number of ether oxygens (including phenoxy) is 1. The minimum absolute atomic E-state index is 0.0984. The molecule has 0 amide bonds. The van der Waals surface area contributed by atoms with Gasteiger partial charge in [0, 0.05) is 18.9 Å². The number of hydrogen-bond donors (Lipinski definition) is 0. The van der Waals surface area contributed by atoms with Gasteiger partial charge < -0.3 is 4.74 Å². The normalized spacial score (nSPS) is 30.6. The van der Waals surface area contributed by atoms with Crippen LogP contribution in [0.2, 0.25) is 0 Å². The summed E-state index contributed by atoms with van der Waals surface area (Å²) in [5, 5.41) is 0. The van der Waals surface area contributed by atoms with Crippen LogP contribution in [0.3, 0.4) is 0 Å². The molecule has 0 aromatic heterocycles. The van der Waals surface area contributed by atoms with E-state index in [1.165, 1.54) is 0 Å². The summed E-state index contributed by atoms with van der Waals surface area (Å²) in [6, 6.07) is 0. The fourth-order valence-electron chi connectivity index (χ4n) is 2.09. The highest BCUT2D eigenvalue weighted by Crippen LogP contribution is 2.34. The first-order chi connectivity index (χ1) is 5.99. The predicted molar refractivity (Wildman–Crippen MR) is 52.6 cm³/mol. The quantitative estimate of drug-likeness (QED) is 0.658. The summed E-state index contributed by atoms with van der Waals surface area (Å²) in [5.41, 5.74) is -0.286. The van der Waals surface area contributed by atoms with Crippen LogP contribution in [0.15, 0.2) is 0 Å². The van der Waals surface area contributed by atoms with E-state index in [4.69, 9.17) is 4.74 Å². The number of ketones is 1. The van der Waals surface area contributed by atoms with Gasteiger partial charge in [0.05, 0.1) is 5.60 Å². The van der Waals surface area contributed by atoms with E-state index in [1.54, 1.807) is 7.11 Å². The molecule has 2 atom stereocenters. The van der Waals surface area contributed by atoms with Crippen molar-refractivity contribution in [1.82, 2.24) is 0 Å². The van der Waals surface area contributed by atoms with Gasteiger partial charge in [-0.25, -0.2) is 0 Å². The van der Waals surface area contributed by atoms with Gasteiger partial charge in [-0.2, -0.15) is 0 Å². The summed E-state index contributed by atoms with van der Waals surface area (Å²) in [6.07, 6.45) is 3.20. The van der Waals surface area contributed by atoms with E-state index < -0.39 is 0 Å². The summed E-state index contributed by atoms with van der Waals surface area (Å²) < 4.78 is 5.38. The van der Waals surface area contributed by atoms with Gasteiger partial charge in [0.1, 0.15) is 5.78 Å². The van der Waals surface area contributed by atoms with Crippen molar-refractivity contribution in [3.05, 3.63) is 0 Å². The van der Waals surface area contributed by atoms with Crippen molar-refractivity contribution in [2.75, 3.05) is 7.11 Å². The Morgan fingerprint density at radius 3 is 2.54 bits per heavy atom. The average molecular weight is 184 g/mol. The lowest BCUT2D eigenvalue weighted by Crippen LogP contribution is -2.43. The fourth-order valence-corrected chi connectivity index (χ4v) is 2.09. The molecule has 0 N–H and O–H groups in total. The van der Waals surface area contributed by atoms with Gasteiger partial charge in [-0.15, -0.1) is 0 Å². The Kier molecular flexibility index (Phi) is 3.12. The van der Waals surface area contributed by atoms with E-state index in [2.05, 4.69) is 0 Å². The molecule has 0 radical (unpaired) electrons. The van der Waals surface area contributed by atoms with Crippen LogP contribution in [0.1, 0.15) is 40.0 Å². The van der Waals surface area contributed by atoms with Crippen LogP contribution in [-0.4, -0.2) is 18.5 Å². The van der Waals surface area contributed by atoms with E-state index in [1.807, 2.05) is 20.8 Å². The van der Waals surface area contributed by atoms with E-state index in [9.17, 15) is 4.79 Å². The Balaban J connectivity index is 2.73. The Morgan fingerprint density at radius 1 is 1.38 bits per heavy atom. The van der Waals surface area contributed by atoms with Crippen LogP contribution < -0.4 is 0 Å².